The number of nitrogen functional groups attached to an aromatic ring is 1. The lowest BCUT2D eigenvalue weighted by Gasteiger charge is -2.35. The lowest BCUT2D eigenvalue weighted by Crippen LogP contribution is -2.24. The lowest BCUT2D eigenvalue weighted by atomic mass is 9.71. The number of benzene rings is 1. The smallest absolute Gasteiger partial charge is 0.108 e. The van der Waals surface area contributed by atoms with Gasteiger partial charge in [-0.15, -0.1) is 5.10 Å². The number of rotatable bonds is 6. The molecule has 6 nitrogen and oxygen atoms in total. The lowest BCUT2D eigenvalue weighted by molar-refractivity contribution is 0.276. The van der Waals surface area contributed by atoms with Gasteiger partial charge in [0.1, 0.15) is 5.69 Å². The third kappa shape index (κ3) is 3.70. The summed E-state index contributed by atoms with van der Waals surface area (Å²) in [6.45, 7) is 0.776. The van der Waals surface area contributed by atoms with E-state index in [0.29, 0.717) is 22.6 Å². The second-order valence-electron chi connectivity index (χ2n) is 8.56. The van der Waals surface area contributed by atoms with Crippen molar-refractivity contribution in [3.63, 3.8) is 0 Å². The van der Waals surface area contributed by atoms with Gasteiger partial charge < -0.3 is 10.8 Å². The van der Waals surface area contributed by atoms with Crippen molar-refractivity contribution in [3.8, 4) is 0 Å². The number of unbranched alkanes of at least 4 members (excludes halogenated alkanes) is 1. The summed E-state index contributed by atoms with van der Waals surface area (Å²) in [4.78, 5) is 5.01. The zero-order chi connectivity index (χ0) is 20.7. The van der Waals surface area contributed by atoms with Gasteiger partial charge in [0, 0.05) is 34.3 Å². The molecule has 2 aliphatic rings. The van der Waals surface area contributed by atoms with Crippen LogP contribution in [0.3, 0.4) is 0 Å². The Morgan fingerprint density at radius 2 is 2.13 bits per heavy atom. The predicted octanol–water partition coefficient (Wildman–Crippen LogP) is 4.40. The molecule has 2 heterocycles. The number of allylic oxidation sites excluding steroid dienone is 2. The number of pyridine rings is 1. The largest absolute Gasteiger partial charge is 0.398 e. The molecule has 0 spiro atoms. The van der Waals surface area contributed by atoms with Gasteiger partial charge in [-0.25, -0.2) is 0 Å². The molecule has 2 bridgehead atoms. The Balaban J connectivity index is 1.27. The van der Waals surface area contributed by atoms with Gasteiger partial charge in [0.05, 0.1) is 18.3 Å². The van der Waals surface area contributed by atoms with Gasteiger partial charge >= 0.3 is 0 Å². The van der Waals surface area contributed by atoms with Gasteiger partial charge in [-0.3, -0.25) is 9.67 Å². The molecule has 0 aliphatic heterocycles. The minimum absolute atomic E-state index is 0.0584. The highest BCUT2D eigenvalue weighted by Gasteiger charge is 2.33. The first-order valence-corrected chi connectivity index (χ1v) is 11.1. The Bertz CT molecular complexity index is 1120. The van der Waals surface area contributed by atoms with E-state index in [9.17, 15) is 0 Å². The predicted molar refractivity (Wildman–Crippen MR) is 118 cm³/mol. The van der Waals surface area contributed by atoms with Crippen molar-refractivity contribution in [1.82, 2.24) is 20.0 Å². The molecule has 3 aromatic rings. The fourth-order valence-corrected chi connectivity index (χ4v) is 5.22. The molecule has 0 fully saturated rings. The van der Waals surface area contributed by atoms with Crippen LogP contribution in [0.1, 0.15) is 55.0 Å². The molecule has 3 N–H and O–H groups in total. The molecule has 0 radical (unpaired) electrons. The van der Waals surface area contributed by atoms with Gasteiger partial charge in [0.25, 0.3) is 0 Å². The molecule has 2 atom stereocenters. The minimum Gasteiger partial charge on any atom is -0.398 e. The Hall–Kier alpha value is -2.44. The van der Waals surface area contributed by atoms with Crippen LogP contribution in [-0.4, -0.2) is 25.1 Å². The van der Waals surface area contributed by atoms with Crippen molar-refractivity contribution in [2.45, 2.75) is 57.6 Å². The van der Waals surface area contributed by atoms with Gasteiger partial charge in [-0.1, -0.05) is 28.5 Å². The highest BCUT2D eigenvalue weighted by atomic mass is 35.5. The number of aromatic nitrogens is 4. The molecule has 0 unspecified atom stereocenters. The summed E-state index contributed by atoms with van der Waals surface area (Å²) in [5.41, 5.74) is 12.9. The summed E-state index contributed by atoms with van der Waals surface area (Å²) >= 11 is 6.19. The number of aliphatic hydroxyl groups is 1. The second kappa shape index (κ2) is 8.00. The van der Waals surface area contributed by atoms with E-state index in [4.69, 9.17) is 27.4 Å². The van der Waals surface area contributed by atoms with Gasteiger partial charge in [-0.05, 0) is 68.2 Å². The first-order chi connectivity index (χ1) is 14.6. The van der Waals surface area contributed by atoms with E-state index < -0.39 is 0 Å². The van der Waals surface area contributed by atoms with Crippen LogP contribution >= 0.6 is 11.6 Å². The van der Waals surface area contributed by atoms with Gasteiger partial charge in [0.15, 0.2) is 0 Å². The third-order valence-electron chi connectivity index (χ3n) is 6.43. The maximum Gasteiger partial charge on any atom is 0.108 e. The Labute approximate surface area is 180 Å². The molecule has 2 aromatic heterocycles. The maximum absolute atomic E-state index is 9.09. The van der Waals surface area contributed by atoms with Crippen molar-refractivity contribution < 1.29 is 5.11 Å². The van der Waals surface area contributed by atoms with Crippen molar-refractivity contribution in [2.24, 2.45) is 5.92 Å². The summed E-state index contributed by atoms with van der Waals surface area (Å²) in [6, 6.07) is 5.80. The van der Waals surface area contributed by atoms with Crippen LogP contribution in [0.25, 0.3) is 10.9 Å². The number of halogens is 1. The summed E-state index contributed by atoms with van der Waals surface area (Å²) in [6.07, 6.45) is 10.8. The van der Waals surface area contributed by atoms with Crippen LogP contribution in [0.4, 0.5) is 5.69 Å². The molecule has 7 heteroatoms. The van der Waals surface area contributed by atoms with Crippen molar-refractivity contribution in [2.75, 3.05) is 5.73 Å². The quantitative estimate of drug-likeness (QED) is 0.453. The standard InChI is InChI=1S/C23H26ClN5O/c24-17-4-5-19-21(11-17)26-23-16-8-14(7-15(9-16)10-20(23)22(19)25)3-1-2-6-29-12-18(13-30)27-28-29/h4-5,7,11-12,15-16,30H,1-3,6,8-10,13H2,(H2,25,26)/t15-,16+/m1/s1. The molecular weight excluding hydrogens is 398 g/mol. The normalized spacial score (nSPS) is 20.3. The summed E-state index contributed by atoms with van der Waals surface area (Å²) < 4.78 is 1.81. The summed E-state index contributed by atoms with van der Waals surface area (Å²) in [5.74, 6) is 1.01. The van der Waals surface area contributed by atoms with E-state index in [2.05, 4.69) is 16.4 Å². The Kier molecular flexibility index (Phi) is 5.21. The SMILES string of the molecule is Nc1c2c(nc3cc(Cl)ccc13)[C@H]1CC(CCCCn3cc(CO)nn3)=C[C@@H](C2)C1. The van der Waals surface area contributed by atoms with Gasteiger partial charge in [0.2, 0.25) is 0 Å². The number of hydrogen-bond donors (Lipinski definition) is 2. The third-order valence-corrected chi connectivity index (χ3v) is 6.66. The number of fused-ring (bicyclic) bond motifs is 5. The number of nitrogens with two attached hydrogens (primary N) is 1. The van der Waals surface area contributed by atoms with Crippen molar-refractivity contribution >= 4 is 28.2 Å². The molecule has 30 heavy (non-hydrogen) atoms. The summed E-state index contributed by atoms with van der Waals surface area (Å²) in [5, 5.41) is 18.8. The molecule has 1 aromatic carbocycles. The number of aliphatic hydroxyl groups excluding tert-OH is 1. The molecule has 0 saturated heterocycles. The highest BCUT2D eigenvalue weighted by Crippen LogP contribution is 2.46. The fraction of sp³-hybridized carbons (Fsp3) is 0.435. The van der Waals surface area contributed by atoms with E-state index in [1.165, 1.54) is 11.3 Å². The van der Waals surface area contributed by atoms with E-state index in [-0.39, 0.29) is 6.61 Å². The average molecular weight is 424 g/mol. The van der Waals surface area contributed by atoms with Crippen LogP contribution < -0.4 is 5.73 Å². The molecule has 2 aliphatic carbocycles. The topological polar surface area (TPSA) is 89.8 Å². The van der Waals surface area contributed by atoms with Crippen molar-refractivity contribution in [1.29, 1.82) is 0 Å². The van der Waals surface area contributed by atoms with E-state index >= 15 is 0 Å². The molecule has 5 rings (SSSR count). The average Bonchev–Trinajstić information content (AvgIpc) is 3.20. The molecule has 156 valence electrons. The number of anilines is 1. The summed E-state index contributed by atoms with van der Waals surface area (Å²) in [7, 11) is 0. The minimum atomic E-state index is -0.0584. The van der Waals surface area contributed by atoms with E-state index in [1.54, 1.807) is 5.57 Å². The zero-order valence-electron chi connectivity index (χ0n) is 16.9. The number of hydrogen-bond acceptors (Lipinski definition) is 5. The Morgan fingerprint density at radius 1 is 1.23 bits per heavy atom. The monoisotopic (exact) mass is 423 g/mol. The first kappa shape index (κ1) is 19.5. The Morgan fingerprint density at radius 3 is 2.97 bits per heavy atom. The second-order valence-corrected chi connectivity index (χ2v) is 9.00. The van der Waals surface area contributed by atoms with Crippen LogP contribution in [-0.2, 0) is 19.6 Å². The van der Waals surface area contributed by atoms with E-state index in [1.807, 2.05) is 29.1 Å². The molecule has 0 saturated carbocycles. The van der Waals surface area contributed by atoms with Crippen LogP contribution in [0.15, 0.2) is 36.0 Å². The highest BCUT2D eigenvalue weighted by molar-refractivity contribution is 6.31. The number of aryl methyl sites for hydroxylation is 1. The van der Waals surface area contributed by atoms with Crippen LogP contribution in [0, 0.1) is 5.92 Å². The van der Waals surface area contributed by atoms with E-state index in [0.717, 1.165) is 61.7 Å². The molecular formula is C23H26ClN5O. The first-order valence-electron chi connectivity index (χ1n) is 10.7. The van der Waals surface area contributed by atoms with Crippen molar-refractivity contribution in [3.05, 3.63) is 58.0 Å². The van der Waals surface area contributed by atoms with Crippen LogP contribution in [0.5, 0.6) is 0 Å². The number of nitrogens with zero attached hydrogens (tertiary/aromatic N) is 4. The van der Waals surface area contributed by atoms with Crippen LogP contribution in [0.2, 0.25) is 5.02 Å². The fourth-order valence-electron chi connectivity index (χ4n) is 5.05. The van der Waals surface area contributed by atoms with Gasteiger partial charge in [-0.2, -0.15) is 0 Å². The zero-order valence-corrected chi connectivity index (χ0v) is 17.6. The molecule has 0 amide bonds. The maximum atomic E-state index is 9.09.